The molecule has 2 aromatic carbocycles. The molecule has 16 heteroatoms. The van der Waals surface area contributed by atoms with Gasteiger partial charge in [-0.05, 0) is 55.5 Å². The summed E-state index contributed by atoms with van der Waals surface area (Å²) >= 11 is 0. The molecule has 0 aromatic heterocycles. The molecule has 3 aliphatic heterocycles. The smallest absolute Gasteiger partial charge is 0.407 e. The van der Waals surface area contributed by atoms with Crippen molar-refractivity contribution in [2.45, 2.75) is 69.1 Å². The highest BCUT2D eigenvalue weighted by molar-refractivity contribution is 7.89. The molecule has 0 aliphatic carbocycles. The largest absolute Gasteiger partial charge is 0.491 e. The number of aliphatic hydroxyl groups is 1. The summed E-state index contributed by atoms with van der Waals surface area (Å²) in [6.07, 6.45) is -2.15. The molecule has 3 amide bonds. The fourth-order valence-corrected chi connectivity index (χ4v) is 7.53. The van der Waals surface area contributed by atoms with Gasteiger partial charge in [0.05, 0.1) is 42.2 Å². The second-order valence-corrected chi connectivity index (χ2v) is 14.7. The highest BCUT2D eigenvalue weighted by Gasteiger charge is 2.44. The van der Waals surface area contributed by atoms with Crippen molar-refractivity contribution < 1.29 is 51.5 Å². The van der Waals surface area contributed by atoms with Crippen molar-refractivity contribution in [1.82, 2.24) is 20.3 Å². The second kappa shape index (κ2) is 16.3. The highest BCUT2D eigenvalue weighted by atomic mass is 32.2. The summed E-state index contributed by atoms with van der Waals surface area (Å²) in [5.41, 5.74) is 0.746. The van der Waals surface area contributed by atoms with E-state index in [4.69, 9.17) is 28.4 Å². The maximum absolute atomic E-state index is 13.9. The SMILES string of the molecule is CNC(=O)NC(C)COc1ccc(C[C@H](NC(=O)O[C@H]2CO[C@H]3OCC[C@H]32)[C@H](O)CN(CC(C)C)S(=O)(=O)c2ccc3c(c2)OCO3)cc1. The van der Waals surface area contributed by atoms with Gasteiger partial charge in [0.1, 0.15) is 18.5 Å². The third-order valence-corrected chi connectivity index (χ3v) is 10.3. The molecule has 2 aromatic rings. The number of hydrogen-bond acceptors (Lipinski definition) is 11. The number of carbonyl (C=O) groups is 2. The predicted molar refractivity (Wildman–Crippen MR) is 176 cm³/mol. The fourth-order valence-electron chi connectivity index (χ4n) is 5.89. The quantitative estimate of drug-likeness (QED) is 0.213. The first-order chi connectivity index (χ1) is 23.4. The van der Waals surface area contributed by atoms with Crippen molar-refractivity contribution in [3.05, 3.63) is 48.0 Å². The summed E-state index contributed by atoms with van der Waals surface area (Å²) in [5.74, 6) is 1.18. The molecule has 0 saturated carbocycles. The van der Waals surface area contributed by atoms with E-state index in [1.165, 1.54) is 23.5 Å². The molecular weight excluding hydrogens is 660 g/mol. The van der Waals surface area contributed by atoms with Gasteiger partial charge in [-0.25, -0.2) is 18.0 Å². The number of amides is 3. The molecule has 2 saturated heterocycles. The normalized spacial score (nSPS) is 21.6. The van der Waals surface area contributed by atoms with Crippen LogP contribution in [0.5, 0.6) is 17.2 Å². The van der Waals surface area contributed by atoms with E-state index >= 15 is 0 Å². The minimum absolute atomic E-state index is 0.000763. The summed E-state index contributed by atoms with van der Waals surface area (Å²) in [5, 5.41) is 19.7. The summed E-state index contributed by atoms with van der Waals surface area (Å²) in [4.78, 5) is 24.8. The number of aliphatic hydroxyl groups excluding tert-OH is 1. The van der Waals surface area contributed by atoms with Gasteiger partial charge in [0, 0.05) is 26.2 Å². The lowest BCUT2D eigenvalue weighted by Crippen LogP contribution is -2.51. The van der Waals surface area contributed by atoms with Crippen LogP contribution in [0.25, 0.3) is 0 Å². The van der Waals surface area contributed by atoms with E-state index in [1.807, 2.05) is 20.8 Å². The summed E-state index contributed by atoms with van der Waals surface area (Å²) in [7, 11) is -2.56. The molecule has 15 nitrogen and oxygen atoms in total. The van der Waals surface area contributed by atoms with E-state index in [9.17, 15) is 23.1 Å². The van der Waals surface area contributed by atoms with Gasteiger partial charge in [-0.3, -0.25) is 0 Å². The molecule has 270 valence electrons. The first-order valence-electron chi connectivity index (χ1n) is 16.4. The van der Waals surface area contributed by atoms with Crippen LogP contribution in [0.15, 0.2) is 47.4 Å². The van der Waals surface area contributed by atoms with Gasteiger partial charge in [-0.1, -0.05) is 26.0 Å². The van der Waals surface area contributed by atoms with Crippen LogP contribution in [0.2, 0.25) is 0 Å². The molecule has 1 unspecified atom stereocenters. The Morgan fingerprint density at radius 2 is 1.78 bits per heavy atom. The lowest BCUT2D eigenvalue weighted by atomic mass is 10.0. The van der Waals surface area contributed by atoms with Gasteiger partial charge in [-0.15, -0.1) is 0 Å². The number of urea groups is 1. The molecule has 4 N–H and O–H groups in total. The topological polar surface area (TPSA) is 183 Å². The van der Waals surface area contributed by atoms with Crippen LogP contribution in [0, 0.1) is 11.8 Å². The number of carbonyl (C=O) groups excluding carboxylic acids is 2. The van der Waals surface area contributed by atoms with Gasteiger partial charge in [0.25, 0.3) is 0 Å². The Kier molecular flexibility index (Phi) is 12.1. The van der Waals surface area contributed by atoms with Gasteiger partial charge in [0.2, 0.25) is 16.8 Å². The first-order valence-corrected chi connectivity index (χ1v) is 17.8. The molecule has 6 atom stereocenters. The lowest BCUT2D eigenvalue weighted by molar-refractivity contribution is -0.0907. The lowest BCUT2D eigenvalue weighted by Gasteiger charge is -2.31. The zero-order chi connectivity index (χ0) is 35.1. The Labute approximate surface area is 286 Å². The number of sulfonamides is 1. The van der Waals surface area contributed by atoms with E-state index in [1.54, 1.807) is 30.3 Å². The second-order valence-electron chi connectivity index (χ2n) is 12.8. The molecule has 0 spiro atoms. The zero-order valence-corrected chi connectivity index (χ0v) is 28.9. The molecule has 0 bridgehead atoms. The van der Waals surface area contributed by atoms with Crippen LogP contribution in [0.1, 0.15) is 32.8 Å². The number of nitrogens with zero attached hydrogens (tertiary/aromatic N) is 1. The van der Waals surface area contributed by atoms with Crippen molar-refractivity contribution in [2.24, 2.45) is 11.8 Å². The molecule has 2 fully saturated rings. The third kappa shape index (κ3) is 9.45. The molecular formula is C33H46N4O11S. The maximum atomic E-state index is 13.9. The van der Waals surface area contributed by atoms with E-state index in [2.05, 4.69) is 16.0 Å². The van der Waals surface area contributed by atoms with Gasteiger partial charge in [0.15, 0.2) is 17.8 Å². The number of ether oxygens (including phenoxy) is 6. The van der Waals surface area contributed by atoms with Crippen molar-refractivity contribution >= 4 is 22.1 Å². The van der Waals surface area contributed by atoms with Crippen molar-refractivity contribution in [3.63, 3.8) is 0 Å². The van der Waals surface area contributed by atoms with Crippen LogP contribution in [0.4, 0.5) is 9.59 Å². The Morgan fingerprint density at radius 3 is 2.51 bits per heavy atom. The van der Waals surface area contributed by atoms with Crippen LogP contribution >= 0.6 is 0 Å². The van der Waals surface area contributed by atoms with E-state index in [0.29, 0.717) is 30.3 Å². The Morgan fingerprint density at radius 1 is 1.02 bits per heavy atom. The van der Waals surface area contributed by atoms with E-state index in [0.717, 1.165) is 5.56 Å². The van der Waals surface area contributed by atoms with E-state index < -0.39 is 40.7 Å². The van der Waals surface area contributed by atoms with Crippen molar-refractivity contribution in [1.29, 1.82) is 0 Å². The standard InChI is InChI=1S/C33H46N4O11S/c1-20(2)15-37(49(41,42)24-9-10-28-29(14-24)47-19-46-28)16-27(38)26(36-33(40)48-30-18-45-31-25(30)11-12-43-31)13-22-5-7-23(8-6-22)44-17-21(3)35-32(39)34-4/h5-10,14,20-21,25-27,30-31,38H,11-13,15-19H2,1-4H3,(H,36,40)(H2,34,35,39)/t21?,25-,26-,27+,30-,31+/m0/s1. The Bertz CT molecular complexity index is 1540. The first kappa shape index (κ1) is 36.5. The highest BCUT2D eigenvalue weighted by Crippen LogP contribution is 2.35. The number of nitrogens with one attached hydrogen (secondary N) is 3. The molecule has 3 heterocycles. The predicted octanol–water partition coefficient (Wildman–Crippen LogP) is 2.22. The number of benzene rings is 2. The third-order valence-electron chi connectivity index (χ3n) is 8.44. The molecule has 3 aliphatic rings. The number of rotatable bonds is 15. The average Bonchev–Trinajstić information content (AvgIpc) is 3.82. The van der Waals surface area contributed by atoms with Crippen molar-refractivity contribution in [3.8, 4) is 17.2 Å². The minimum atomic E-state index is -4.09. The van der Waals surface area contributed by atoms with Gasteiger partial charge in [-0.2, -0.15) is 4.31 Å². The number of hydrogen-bond donors (Lipinski definition) is 4. The van der Waals surface area contributed by atoms with Crippen molar-refractivity contribution in [2.75, 3.05) is 46.8 Å². The fraction of sp³-hybridized carbons (Fsp3) is 0.576. The van der Waals surface area contributed by atoms with Crippen LogP contribution < -0.4 is 30.2 Å². The minimum Gasteiger partial charge on any atom is -0.491 e. The number of alkyl carbamates (subject to hydrolysis) is 1. The van der Waals surface area contributed by atoms with Gasteiger partial charge < -0.3 is 49.5 Å². The summed E-state index contributed by atoms with van der Waals surface area (Å²) in [6, 6.07) is 9.98. The Balaban J connectivity index is 1.31. The molecule has 0 radical (unpaired) electrons. The van der Waals surface area contributed by atoms with Crippen LogP contribution in [0.3, 0.4) is 0 Å². The number of fused-ring (bicyclic) bond motifs is 2. The average molecular weight is 707 g/mol. The molecule has 49 heavy (non-hydrogen) atoms. The monoisotopic (exact) mass is 706 g/mol. The van der Waals surface area contributed by atoms with E-state index in [-0.39, 0.29) is 68.3 Å². The summed E-state index contributed by atoms with van der Waals surface area (Å²) < 4.78 is 62.4. The maximum Gasteiger partial charge on any atom is 0.407 e. The Hall–Kier alpha value is -3.83. The van der Waals surface area contributed by atoms with Gasteiger partial charge >= 0.3 is 12.1 Å². The summed E-state index contributed by atoms with van der Waals surface area (Å²) in [6.45, 7) is 6.34. The van der Waals surface area contributed by atoms with Crippen LogP contribution in [-0.4, -0.2) is 107 Å². The van der Waals surface area contributed by atoms with Crippen LogP contribution in [-0.2, 0) is 30.7 Å². The molecule has 5 rings (SSSR count). The zero-order valence-electron chi connectivity index (χ0n) is 28.1.